The molecule has 0 saturated carbocycles. The van der Waals surface area contributed by atoms with E-state index in [4.69, 9.17) is 5.11 Å². The third-order valence-electron chi connectivity index (χ3n) is 2.35. The van der Waals surface area contributed by atoms with Crippen LogP contribution in [0.15, 0.2) is 28.7 Å². The molecule has 1 rings (SSSR count). The van der Waals surface area contributed by atoms with Gasteiger partial charge in [0.05, 0.1) is 0 Å². The highest BCUT2D eigenvalue weighted by molar-refractivity contribution is 9.10. The van der Waals surface area contributed by atoms with Crippen molar-refractivity contribution in [2.45, 2.75) is 32.2 Å². The van der Waals surface area contributed by atoms with Crippen molar-refractivity contribution in [3.8, 4) is 0 Å². The Kier molecular flexibility index (Phi) is 5.32. The molecular formula is C12H16BrNO2. The van der Waals surface area contributed by atoms with Crippen molar-refractivity contribution < 1.29 is 9.90 Å². The second-order valence-corrected chi connectivity index (χ2v) is 4.51. The van der Waals surface area contributed by atoms with Crippen LogP contribution in [-0.4, -0.2) is 17.1 Å². The van der Waals surface area contributed by atoms with Crippen LogP contribution in [0.2, 0.25) is 0 Å². The number of rotatable bonds is 6. The zero-order valence-corrected chi connectivity index (χ0v) is 10.8. The number of unbranched alkanes of at least 4 members (excludes halogenated alkanes) is 1. The summed E-state index contributed by atoms with van der Waals surface area (Å²) < 4.78 is 0.887. The molecule has 4 heteroatoms. The molecule has 0 aliphatic rings. The Morgan fingerprint density at radius 3 is 2.75 bits per heavy atom. The summed E-state index contributed by atoms with van der Waals surface area (Å²) in [5.41, 5.74) is 0.825. The van der Waals surface area contributed by atoms with Crippen molar-refractivity contribution >= 4 is 27.6 Å². The van der Waals surface area contributed by atoms with E-state index < -0.39 is 12.0 Å². The number of halogens is 1. The molecule has 0 radical (unpaired) electrons. The van der Waals surface area contributed by atoms with Gasteiger partial charge in [-0.3, -0.25) is 0 Å². The van der Waals surface area contributed by atoms with Gasteiger partial charge in [-0.05, 0) is 34.5 Å². The van der Waals surface area contributed by atoms with Gasteiger partial charge in [0.1, 0.15) is 6.04 Å². The van der Waals surface area contributed by atoms with E-state index in [0.29, 0.717) is 6.42 Å². The molecule has 1 atom stereocenters. The van der Waals surface area contributed by atoms with Gasteiger partial charge in [-0.2, -0.15) is 0 Å². The second kappa shape index (κ2) is 6.53. The fourth-order valence-corrected chi connectivity index (χ4v) is 1.83. The SMILES string of the molecule is CCCCC(Nc1ccccc1Br)C(=O)O. The highest BCUT2D eigenvalue weighted by Gasteiger charge is 2.16. The average molecular weight is 286 g/mol. The van der Waals surface area contributed by atoms with Crippen molar-refractivity contribution in [1.29, 1.82) is 0 Å². The smallest absolute Gasteiger partial charge is 0.326 e. The lowest BCUT2D eigenvalue weighted by atomic mass is 10.1. The first-order valence-corrected chi connectivity index (χ1v) is 6.18. The highest BCUT2D eigenvalue weighted by Crippen LogP contribution is 2.22. The first kappa shape index (κ1) is 13.0. The number of hydrogen-bond donors (Lipinski definition) is 2. The molecule has 0 spiro atoms. The lowest BCUT2D eigenvalue weighted by molar-refractivity contribution is -0.138. The van der Waals surface area contributed by atoms with Gasteiger partial charge in [-0.25, -0.2) is 4.79 Å². The van der Waals surface area contributed by atoms with E-state index in [-0.39, 0.29) is 0 Å². The first-order chi connectivity index (χ1) is 7.65. The molecule has 0 heterocycles. The number of hydrogen-bond acceptors (Lipinski definition) is 2. The molecule has 1 aromatic carbocycles. The number of para-hydroxylation sites is 1. The van der Waals surface area contributed by atoms with Crippen LogP contribution in [0.3, 0.4) is 0 Å². The third-order valence-corrected chi connectivity index (χ3v) is 3.04. The minimum Gasteiger partial charge on any atom is -0.480 e. The van der Waals surface area contributed by atoms with E-state index in [2.05, 4.69) is 28.2 Å². The van der Waals surface area contributed by atoms with Crippen LogP contribution in [0.25, 0.3) is 0 Å². The summed E-state index contributed by atoms with van der Waals surface area (Å²) in [5.74, 6) is -0.802. The summed E-state index contributed by atoms with van der Waals surface area (Å²) >= 11 is 3.39. The van der Waals surface area contributed by atoms with Gasteiger partial charge >= 0.3 is 5.97 Å². The molecule has 1 unspecified atom stereocenters. The summed E-state index contributed by atoms with van der Waals surface area (Å²) in [4.78, 5) is 11.0. The Labute approximate surface area is 104 Å². The van der Waals surface area contributed by atoms with Gasteiger partial charge < -0.3 is 10.4 Å². The van der Waals surface area contributed by atoms with Gasteiger partial charge in [0.2, 0.25) is 0 Å². The first-order valence-electron chi connectivity index (χ1n) is 5.39. The summed E-state index contributed by atoms with van der Waals surface area (Å²) in [6.07, 6.45) is 2.56. The van der Waals surface area contributed by atoms with Crippen LogP contribution in [0.5, 0.6) is 0 Å². The predicted molar refractivity (Wildman–Crippen MR) is 68.7 cm³/mol. The van der Waals surface area contributed by atoms with Crippen molar-refractivity contribution in [2.24, 2.45) is 0 Å². The van der Waals surface area contributed by atoms with Crippen LogP contribution < -0.4 is 5.32 Å². The van der Waals surface area contributed by atoms with Crippen molar-refractivity contribution in [3.63, 3.8) is 0 Å². The van der Waals surface area contributed by atoms with Crippen molar-refractivity contribution in [2.75, 3.05) is 5.32 Å². The van der Waals surface area contributed by atoms with Crippen molar-refractivity contribution in [1.82, 2.24) is 0 Å². The third kappa shape index (κ3) is 3.85. The van der Waals surface area contributed by atoms with Crippen LogP contribution in [-0.2, 0) is 4.79 Å². The van der Waals surface area contributed by atoms with Gasteiger partial charge in [0.15, 0.2) is 0 Å². The zero-order chi connectivity index (χ0) is 12.0. The summed E-state index contributed by atoms with van der Waals surface area (Å²) in [5, 5.41) is 12.1. The van der Waals surface area contributed by atoms with Gasteiger partial charge in [0, 0.05) is 10.2 Å². The maximum atomic E-state index is 11.0. The van der Waals surface area contributed by atoms with E-state index in [1.807, 2.05) is 24.3 Å². The molecule has 2 N–H and O–H groups in total. The lowest BCUT2D eigenvalue weighted by Gasteiger charge is -2.16. The molecule has 0 bridgehead atoms. The molecular weight excluding hydrogens is 270 g/mol. The largest absolute Gasteiger partial charge is 0.480 e. The highest BCUT2D eigenvalue weighted by atomic mass is 79.9. The van der Waals surface area contributed by atoms with E-state index >= 15 is 0 Å². The summed E-state index contributed by atoms with van der Waals surface area (Å²) in [6, 6.07) is 7.02. The number of anilines is 1. The minimum atomic E-state index is -0.802. The molecule has 0 aliphatic carbocycles. The summed E-state index contributed by atoms with van der Waals surface area (Å²) in [7, 11) is 0. The number of nitrogens with one attached hydrogen (secondary N) is 1. The number of carboxylic acids is 1. The number of aliphatic carboxylic acids is 1. The van der Waals surface area contributed by atoms with Crippen LogP contribution in [0.1, 0.15) is 26.2 Å². The van der Waals surface area contributed by atoms with E-state index in [9.17, 15) is 4.79 Å². The number of carbonyl (C=O) groups is 1. The molecule has 0 saturated heterocycles. The Morgan fingerprint density at radius 2 is 2.19 bits per heavy atom. The molecule has 1 aromatic rings. The van der Waals surface area contributed by atoms with Crippen LogP contribution >= 0.6 is 15.9 Å². The molecule has 16 heavy (non-hydrogen) atoms. The molecule has 0 aliphatic heterocycles. The van der Waals surface area contributed by atoms with Gasteiger partial charge in [-0.1, -0.05) is 31.9 Å². The Bertz CT molecular complexity index is 355. The maximum Gasteiger partial charge on any atom is 0.326 e. The molecule has 0 amide bonds. The normalized spacial score (nSPS) is 12.1. The van der Waals surface area contributed by atoms with Crippen molar-refractivity contribution in [3.05, 3.63) is 28.7 Å². The maximum absolute atomic E-state index is 11.0. The van der Waals surface area contributed by atoms with Crippen LogP contribution in [0.4, 0.5) is 5.69 Å². The predicted octanol–water partition coefficient (Wildman–Crippen LogP) is 3.50. The lowest BCUT2D eigenvalue weighted by Crippen LogP contribution is -2.29. The fraction of sp³-hybridized carbons (Fsp3) is 0.417. The Morgan fingerprint density at radius 1 is 1.50 bits per heavy atom. The topological polar surface area (TPSA) is 49.3 Å². The van der Waals surface area contributed by atoms with E-state index in [1.165, 1.54) is 0 Å². The molecule has 88 valence electrons. The fourth-order valence-electron chi connectivity index (χ4n) is 1.43. The molecule has 0 fully saturated rings. The Balaban J connectivity index is 2.68. The quantitative estimate of drug-likeness (QED) is 0.841. The van der Waals surface area contributed by atoms with E-state index in [1.54, 1.807) is 0 Å². The zero-order valence-electron chi connectivity index (χ0n) is 9.24. The molecule has 0 aromatic heterocycles. The van der Waals surface area contributed by atoms with Gasteiger partial charge in [0.25, 0.3) is 0 Å². The molecule has 3 nitrogen and oxygen atoms in total. The number of carboxylic acid groups (broad SMARTS) is 1. The monoisotopic (exact) mass is 285 g/mol. The van der Waals surface area contributed by atoms with E-state index in [0.717, 1.165) is 23.0 Å². The van der Waals surface area contributed by atoms with Gasteiger partial charge in [-0.15, -0.1) is 0 Å². The second-order valence-electron chi connectivity index (χ2n) is 3.66. The Hall–Kier alpha value is -1.03. The average Bonchev–Trinajstić information content (AvgIpc) is 2.26. The summed E-state index contributed by atoms with van der Waals surface area (Å²) in [6.45, 7) is 2.05. The number of benzene rings is 1. The van der Waals surface area contributed by atoms with Crippen LogP contribution in [0, 0.1) is 0 Å². The minimum absolute atomic E-state index is 0.515. The standard InChI is InChI=1S/C12H16BrNO2/c1-2-3-7-11(12(15)16)14-10-8-5-4-6-9(10)13/h4-6,8,11,14H,2-3,7H2,1H3,(H,15,16).